The molecular formula is C23H26N4O2S. The van der Waals surface area contributed by atoms with E-state index in [1.54, 1.807) is 23.4 Å². The van der Waals surface area contributed by atoms with Crippen LogP contribution in [0.4, 0.5) is 0 Å². The van der Waals surface area contributed by atoms with Crippen LogP contribution in [-0.2, 0) is 13.0 Å². The first-order valence-electron chi connectivity index (χ1n) is 10.4. The highest BCUT2D eigenvalue weighted by molar-refractivity contribution is 7.99. The van der Waals surface area contributed by atoms with E-state index in [1.165, 1.54) is 5.56 Å². The van der Waals surface area contributed by atoms with Crippen LogP contribution in [0.2, 0.25) is 0 Å². The van der Waals surface area contributed by atoms with Crippen molar-refractivity contribution < 1.29 is 4.74 Å². The zero-order valence-electron chi connectivity index (χ0n) is 17.4. The third kappa shape index (κ3) is 4.07. The monoisotopic (exact) mass is 422 g/mol. The van der Waals surface area contributed by atoms with Crippen LogP contribution >= 0.6 is 11.8 Å². The van der Waals surface area contributed by atoms with Gasteiger partial charge in [-0.25, -0.2) is 0 Å². The lowest BCUT2D eigenvalue weighted by atomic mass is 10.2. The number of thioether (sulfide) groups is 1. The molecule has 0 spiro atoms. The molecule has 0 bridgehead atoms. The summed E-state index contributed by atoms with van der Waals surface area (Å²) < 4.78 is 9.03. The maximum atomic E-state index is 13.1. The van der Waals surface area contributed by atoms with E-state index >= 15 is 0 Å². The molecule has 0 unspecified atom stereocenters. The van der Waals surface area contributed by atoms with Gasteiger partial charge in [0.1, 0.15) is 5.75 Å². The molecule has 0 N–H and O–H groups in total. The average Bonchev–Trinajstić information content (AvgIpc) is 3.20. The van der Waals surface area contributed by atoms with E-state index in [1.807, 2.05) is 40.8 Å². The summed E-state index contributed by atoms with van der Waals surface area (Å²) in [5, 5.41) is 10.4. The van der Waals surface area contributed by atoms with Crippen molar-refractivity contribution in [1.82, 2.24) is 19.2 Å². The van der Waals surface area contributed by atoms with E-state index in [9.17, 15) is 4.79 Å². The predicted octanol–water partition coefficient (Wildman–Crippen LogP) is 4.58. The Morgan fingerprint density at radius 2 is 1.83 bits per heavy atom. The Morgan fingerprint density at radius 3 is 2.60 bits per heavy atom. The number of rotatable bonds is 9. The van der Waals surface area contributed by atoms with E-state index in [-0.39, 0.29) is 5.56 Å². The molecule has 156 valence electrons. The van der Waals surface area contributed by atoms with Crippen LogP contribution in [0.15, 0.2) is 58.5 Å². The van der Waals surface area contributed by atoms with Crippen LogP contribution in [0.1, 0.15) is 31.7 Å². The number of fused-ring (bicyclic) bond motifs is 3. The Kier molecular flexibility index (Phi) is 6.38. The van der Waals surface area contributed by atoms with Crippen molar-refractivity contribution in [2.24, 2.45) is 0 Å². The highest BCUT2D eigenvalue weighted by Gasteiger charge is 2.16. The van der Waals surface area contributed by atoms with Crippen molar-refractivity contribution in [1.29, 1.82) is 0 Å². The second-order valence-corrected chi connectivity index (χ2v) is 8.31. The number of hydrogen-bond donors (Lipinski definition) is 0. The second kappa shape index (κ2) is 9.34. The van der Waals surface area contributed by atoms with Gasteiger partial charge in [-0.05, 0) is 42.7 Å². The van der Waals surface area contributed by atoms with Crippen molar-refractivity contribution in [3.63, 3.8) is 0 Å². The lowest BCUT2D eigenvalue weighted by Gasteiger charge is -2.11. The zero-order valence-corrected chi connectivity index (χ0v) is 18.2. The highest BCUT2D eigenvalue weighted by atomic mass is 32.2. The third-order valence-corrected chi connectivity index (χ3v) is 6.18. The molecule has 0 radical (unpaired) electrons. The molecular weight excluding hydrogens is 396 g/mol. The molecule has 30 heavy (non-hydrogen) atoms. The number of ether oxygens (including phenoxy) is 1. The lowest BCUT2D eigenvalue weighted by Crippen LogP contribution is -2.23. The van der Waals surface area contributed by atoms with E-state index in [2.05, 4.69) is 29.3 Å². The topological polar surface area (TPSA) is 61.4 Å². The Bertz CT molecular complexity index is 1200. The third-order valence-electron chi connectivity index (χ3n) is 5.24. The molecule has 2 aromatic carbocycles. The van der Waals surface area contributed by atoms with Crippen LogP contribution < -0.4 is 10.3 Å². The van der Waals surface area contributed by atoms with Crippen molar-refractivity contribution in [2.45, 2.75) is 44.3 Å². The molecule has 0 amide bonds. The fraction of sp³-hybridized carbons (Fsp3) is 0.348. The number of aryl methyl sites for hydroxylation is 2. The number of benzene rings is 2. The van der Waals surface area contributed by atoms with Crippen LogP contribution in [0, 0.1) is 0 Å². The summed E-state index contributed by atoms with van der Waals surface area (Å²) >= 11 is 1.66. The van der Waals surface area contributed by atoms with Gasteiger partial charge >= 0.3 is 0 Å². The molecule has 0 fully saturated rings. The SMILES string of the molecule is CCCCCn1c(=O)c2ccccc2n2c(SCCc3ccc(OC)cc3)nnc12. The highest BCUT2D eigenvalue weighted by Crippen LogP contribution is 2.23. The molecule has 2 aromatic heterocycles. The van der Waals surface area contributed by atoms with E-state index in [0.29, 0.717) is 17.7 Å². The number of aromatic nitrogens is 4. The van der Waals surface area contributed by atoms with Crippen molar-refractivity contribution >= 4 is 28.4 Å². The van der Waals surface area contributed by atoms with Gasteiger partial charge in [0.15, 0.2) is 5.16 Å². The Labute approximate surface area is 179 Å². The van der Waals surface area contributed by atoms with Gasteiger partial charge in [0.05, 0.1) is 18.0 Å². The summed E-state index contributed by atoms with van der Waals surface area (Å²) in [6, 6.07) is 15.9. The largest absolute Gasteiger partial charge is 0.497 e. The zero-order chi connectivity index (χ0) is 20.9. The summed E-state index contributed by atoms with van der Waals surface area (Å²) in [7, 11) is 1.67. The van der Waals surface area contributed by atoms with Gasteiger partial charge < -0.3 is 4.74 Å². The molecule has 0 aliphatic rings. The minimum atomic E-state index is 0.0105. The smallest absolute Gasteiger partial charge is 0.262 e. The van der Waals surface area contributed by atoms with Gasteiger partial charge in [-0.3, -0.25) is 13.8 Å². The Morgan fingerprint density at radius 1 is 1.03 bits per heavy atom. The van der Waals surface area contributed by atoms with Gasteiger partial charge in [-0.1, -0.05) is 55.8 Å². The number of hydrogen-bond acceptors (Lipinski definition) is 5. The fourth-order valence-corrected chi connectivity index (χ4v) is 4.53. The summed E-state index contributed by atoms with van der Waals surface area (Å²) in [4.78, 5) is 13.1. The molecule has 4 rings (SSSR count). The second-order valence-electron chi connectivity index (χ2n) is 7.25. The van der Waals surface area contributed by atoms with Gasteiger partial charge in [0, 0.05) is 12.3 Å². The number of nitrogens with zero attached hydrogens (tertiary/aromatic N) is 4. The van der Waals surface area contributed by atoms with Crippen LogP contribution in [-0.4, -0.2) is 32.0 Å². The summed E-state index contributed by atoms with van der Waals surface area (Å²) in [5.74, 6) is 2.36. The van der Waals surface area contributed by atoms with Gasteiger partial charge in [-0.15, -0.1) is 10.2 Å². The van der Waals surface area contributed by atoms with Crippen molar-refractivity contribution in [2.75, 3.05) is 12.9 Å². The maximum absolute atomic E-state index is 13.1. The summed E-state index contributed by atoms with van der Waals surface area (Å²) in [5.41, 5.74) is 2.12. The molecule has 0 aliphatic heterocycles. The number of methoxy groups -OCH3 is 1. The minimum Gasteiger partial charge on any atom is -0.497 e. The number of para-hydroxylation sites is 1. The van der Waals surface area contributed by atoms with Crippen LogP contribution in [0.25, 0.3) is 16.7 Å². The minimum absolute atomic E-state index is 0.0105. The molecule has 2 heterocycles. The lowest BCUT2D eigenvalue weighted by molar-refractivity contribution is 0.414. The Hall–Kier alpha value is -2.80. The van der Waals surface area contributed by atoms with Gasteiger partial charge in [-0.2, -0.15) is 0 Å². The van der Waals surface area contributed by atoms with Crippen molar-refractivity contribution in [3.05, 3.63) is 64.4 Å². The van der Waals surface area contributed by atoms with Crippen molar-refractivity contribution in [3.8, 4) is 5.75 Å². The maximum Gasteiger partial charge on any atom is 0.262 e. The first kappa shape index (κ1) is 20.5. The van der Waals surface area contributed by atoms with Gasteiger partial charge in [0.2, 0.25) is 5.78 Å². The standard InChI is InChI=1S/C23H26N4O2S/c1-3-4-7-15-26-21(28)19-8-5-6-9-20(19)27-22(26)24-25-23(27)30-16-14-17-10-12-18(29-2)13-11-17/h5-6,8-13H,3-4,7,14-16H2,1-2H3. The summed E-state index contributed by atoms with van der Waals surface area (Å²) in [6.45, 7) is 2.82. The fourth-order valence-electron chi connectivity index (χ4n) is 3.60. The van der Waals surface area contributed by atoms with Gasteiger partial charge in [0.25, 0.3) is 5.56 Å². The first-order valence-corrected chi connectivity index (χ1v) is 11.3. The van der Waals surface area contributed by atoms with E-state index in [0.717, 1.165) is 47.9 Å². The molecule has 7 heteroatoms. The van der Waals surface area contributed by atoms with Crippen LogP contribution in [0.3, 0.4) is 0 Å². The van der Waals surface area contributed by atoms with Crippen LogP contribution in [0.5, 0.6) is 5.75 Å². The molecule has 6 nitrogen and oxygen atoms in total. The number of unbranched alkanes of at least 4 members (excludes halogenated alkanes) is 2. The predicted molar refractivity (Wildman–Crippen MR) is 122 cm³/mol. The molecule has 0 aliphatic carbocycles. The molecule has 0 saturated heterocycles. The molecule has 0 atom stereocenters. The quantitative estimate of drug-likeness (QED) is 0.292. The van der Waals surface area contributed by atoms with E-state index in [4.69, 9.17) is 4.74 Å². The average molecular weight is 423 g/mol. The summed E-state index contributed by atoms with van der Waals surface area (Å²) in [6.07, 6.45) is 4.07. The normalized spacial score (nSPS) is 11.4. The molecule has 4 aromatic rings. The molecule has 0 saturated carbocycles. The van der Waals surface area contributed by atoms with E-state index < -0.39 is 0 Å². The Balaban J connectivity index is 1.64. The first-order chi connectivity index (χ1) is 14.7.